The number of benzene rings is 3. The zero-order chi connectivity index (χ0) is 31.7. The number of rotatable bonds is 14. The third-order valence-electron chi connectivity index (χ3n) is 6.63. The first-order valence-electron chi connectivity index (χ1n) is 13.6. The molecular formula is C31H37Cl2N3O6S. The summed E-state index contributed by atoms with van der Waals surface area (Å²) in [5.74, 6) is -0.0815. The zero-order valence-corrected chi connectivity index (χ0v) is 27.2. The van der Waals surface area contributed by atoms with Gasteiger partial charge in [-0.3, -0.25) is 13.9 Å². The van der Waals surface area contributed by atoms with Crippen molar-refractivity contribution in [2.24, 2.45) is 5.92 Å². The van der Waals surface area contributed by atoms with E-state index in [0.29, 0.717) is 33.7 Å². The Morgan fingerprint density at radius 3 is 2.14 bits per heavy atom. The number of nitrogens with one attached hydrogen (secondary N) is 1. The lowest BCUT2D eigenvalue weighted by Crippen LogP contribution is -2.53. The number of hydrogen-bond acceptors (Lipinski definition) is 6. The van der Waals surface area contributed by atoms with Crippen molar-refractivity contribution in [3.8, 4) is 11.5 Å². The number of halogens is 2. The third-order valence-corrected chi connectivity index (χ3v) is 8.51. The molecule has 0 spiro atoms. The number of hydrogen-bond donors (Lipinski definition) is 1. The Kier molecular flexibility index (Phi) is 12.1. The highest BCUT2D eigenvalue weighted by atomic mass is 35.5. The second-order valence-electron chi connectivity index (χ2n) is 10.4. The van der Waals surface area contributed by atoms with Crippen LogP contribution in [0, 0.1) is 5.92 Å². The van der Waals surface area contributed by atoms with Crippen LogP contribution in [-0.4, -0.2) is 64.7 Å². The SMILES string of the molecule is COc1ccc(N(CC(=O)N(Cc2ccc(Cl)c(Cl)c2)[C@H](Cc2ccccc2)C(=O)NCC(C)C)S(C)(=O)=O)cc1OC. The number of ether oxygens (including phenoxy) is 2. The number of carbonyl (C=O) groups is 2. The molecule has 0 saturated heterocycles. The first-order valence-corrected chi connectivity index (χ1v) is 16.2. The topological polar surface area (TPSA) is 105 Å². The van der Waals surface area contributed by atoms with Gasteiger partial charge in [-0.25, -0.2) is 8.42 Å². The summed E-state index contributed by atoms with van der Waals surface area (Å²) in [6, 6.07) is 17.9. The molecule has 0 radical (unpaired) electrons. The predicted molar refractivity (Wildman–Crippen MR) is 171 cm³/mol. The highest BCUT2D eigenvalue weighted by Crippen LogP contribution is 2.32. The van der Waals surface area contributed by atoms with Crippen LogP contribution in [0.4, 0.5) is 5.69 Å². The van der Waals surface area contributed by atoms with Gasteiger partial charge < -0.3 is 19.7 Å². The normalized spacial score (nSPS) is 12.0. The van der Waals surface area contributed by atoms with E-state index in [9.17, 15) is 18.0 Å². The van der Waals surface area contributed by atoms with Gasteiger partial charge in [0.1, 0.15) is 12.6 Å². The molecule has 0 bridgehead atoms. The molecule has 0 aliphatic carbocycles. The minimum Gasteiger partial charge on any atom is -0.493 e. The Labute approximate surface area is 263 Å². The van der Waals surface area contributed by atoms with Gasteiger partial charge in [-0.2, -0.15) is 0 Å². The minimum atomic E-state index is -3.95. The van der Waals surface area contributed by atoms with E-state index in [1.807, 2.05) is 44.2 Å². The maximum absolute atomic E-state index is 14.2. The largest absolute Gasteiger partial charge is 0.493 e. The first-order chi connectivity index (χ1) is 20.3. The summed E-state index contributed by atoms with van der Waals surface area (Å²) in [4.78, 5) is 29.3. The van der Waals surface area contributed by atoms with Crippen LogP contribution in [0.5, 0.6) is 11.5 Å². The molecule has 12 heteroatoms. The van der Waals surface area contributed by atoms with E-state index in [4.69, 9.17) is 32.7 Å². The average Bonchev–Trinajstić information content (AvgIpc) is 2.97. The lowest BCUT2D eigenvalue weighted by molar-refractivity contribution is -0.140. The van der Waals surface area contributed by atoms with Crippen molar-refractivity contribution in [2.45, 2.75) is 32.9 Å². The monoisotopic (exact) mass is 649 g/mol. The summed E-state index contributed by atoms with van der Waals surface area (Å²) in [6.07, 6.45) is 1.21. The molecule has 0 aliphatic rings. The molecule has 0 unspecified atom stereocenters. The van der Waals surface area contributed by atoms with Crippen LogP contribution in [0.3, 0.4) is 0 Å². The van der Waals surface area contributed by atoms with Crippen molar-refractivity contribution in [3.05, 3.63) is 87.9 Å². The number of methoxy groups -OCH3 is 2. The molecule has 1 N–H and O–H groups in total. The van der Waals surface area contributed by atoms with Gasteiger partial charge in [-0.05, 0) is 41.3 Å². The minimum absolute atomic E-state index is 0.0220. The summed E-state index contributed by atoms with van der Waals surface area (Å²) < 4.78 is 37.7. The van der Waals surface area contributed by atoms with Crippen LogP contribution in [0.2, 0.25) is 10.0 Å². The van der Waals surface area contributed by atoms with Crippen molar-refractivity contribution < 1.29 is 27.5 Å². The molecule has 0 heterocycles. The van der Waals surface area contributed by atoms with Gasteiger partial charge in [0, 0.05) is 25.6 Å². The number of carbonyl (C=O) groups excluding carboxylic acids is 2. The van der Waals surface area contributed by atoms with E-state index in [1.165, 1.54) is 31.3 Å². The number of amides is 2. The second-order valence-corrected chi connectivity index (χ2v) is 13.1. The third kappa shape index (κ3) is 9.51. The van der Waals surface area contributed by atoms with Crippen LogP contribution in [0.25, 0.3) is 0 Å². The fraction of sp³-hybridized carbons (Fsp3) is 0.355. The maximum atomic E-state index is 14.2. The number of anilines is 1. The Morgan fingerprint density at radius 1 is 0.884 bits per heavy atom. The van der Waals surface area contributed by atoms with E-state index in [-0.39, 0.29) is 30.5 Å². The van der Waals surface area contributed by atoms with E-state index >= 15 is 0 Å². The molecule has 3 aromatic rings. The van der Waals surface area contributed by atoms with Crippen LogP contribution in [0.15, 0.2) is 66.7 Å². The summed E-state index contributed by atoms with van der Waals surface area (Å²) in [6.45, 7) is 3.75. The van der Waals surface area contributed by atoms with Crippen molar-refractivity contribution >= 4 is 50.7 Å². The fourth-order valence-electron chi connectivity index (χ4n) is 4.40. The Balaban J connectivity index is 2.09. The Morgan fingerprint density at radius 2 is 1.56 bits per heavy atom. The number of nitrogens with zero attached hydrogens (tertiary/aromatic N) is 2. The van der Waals surface area contributed by atoms with Crippen LogP contribution < -0.4 is 19.1 Å². The van der Waals surface area contributed by atoms with Gasteiger partial charge in [0.05, 0.1) is 36.2 Å². The molecule has 2 amide bonds. The molecule has 1 atom stereocenters. The van der Waals surface area contributed by atoms with E-state index in [2.05, 4.69) is 5.32 Å². The van der Waals surface area contributed by atoms with E-state index < -0.39 is 28.5 Å². The highest BCUT2D eigenvalue weighted by molar-refractivity contribution is 7.92. The van der Waals surface area contributed by atoms with Crippen molar-refractivity contribution in [3.63, 3.8) is 0 Å². The lowest BCUT2D eigenvalue weighted by Gasteiger charge is -2.33. The lowest BCUT2D eigenvalue weighted by atomic mass is 10.0. The first kappa shape index (κ1) is 34.0. The molecule has 0 aliphatic heterocycles. The zero-order valence-electron chi connectivity index (χ0n) is 24.8. The molecule has 0 fully saturated rings. The van der Waals surface area contributed by atoms with Crippen LogP contribution in [-0.2, 0) is 32.6 Å². The van der Waals surface area contributed by atoms with E-state index in [1.54, 1.807) is 24.3 Å². The quantitative estimate of drug-likeness (QED) is 0.258. The molecule has 9 nitrogen and oxygen atoms in total. The molecule has 0 saturated carbocycles. The number of sulfonamides is 1. The molecule has 0 aromatic heterocycles. The molecule has 3 aromatic carbocycles. The average molecular weight is 651 g/mol. The summed E-state index contributed by atoms with van der Waals surface area (Å²) >= 11 is 12.4. The predicted octanol–water partition coefficient (Wildman–Crippen LogP) is 5.19. The summed E-state index contributed by atoms with van der Waals surface area (Å²) in [5, 5.41) is 3.58. The van der Waals surface area contributed by atoms with E-state index in [0.717, 1.165) is 16.1 Å². The van der Waals surface area contributed by atoms with Gasteiger partial charge in [-0.15, -0.1) is 0 Å². The molecule has 3 rings (SSSR count). The Hall–Kier alpha value is -3.47. The maximum Gasteiger partial charge on any atom is 0.244 e. The van der Waals surface area contributed by atoms with Crippen molar-refractivity contribution in [1.29, 1.82) is 0 Å². The second kappa shape index (κ2) is 15.3. The van der Waals surface area contributed by atoms with Crippen LogP contribution >= 0.6 is 23.2 Å². The van der Waals surface area contributed by atoms with Gasteiger partial charge in [0.25, 0.3) is 0 Å². The highest BCUT2D eigenvalue weighted by Gasteiger charge is 2.33. The fourth-order valence-corrected chi connectivity index (χ4v) is 5.57. The molecule has 232 valence electrons. The van der Waals surface area contributed by atoms with Gasteiger partial charge in [0.2, 0.25) is 21.8 Å². The van der Waals surface area contributed by atoms with Gasteiger partial charge in [-0.1, -0.05) is 73.4 Å². The van der Waals surface area contributed by atoms with Crippen molar-refractivity contribution in [1.82, 2.24) is 10.2 Å². The molecular weight excluding hydrogens is 613 g/mol. The van der Waals surface area contributed by atoms with Gasteiger partial charge >= 0.3 is 0 Å². The van der Waals surface area contributed by atoms with Crippen molar-refractivity contribution in [2.75, 3.05) is 37.9 Å². The van der Waals surface area contributed by atoms with Crippen LogP contribution in [0.1, 0.15) is 25.0 Å². The smallest absolute Gasteiger partial charge is 0.244 e. The summed E-state index contributed by atoms with van der Waals surface area (Å²) in [5.41, 5.74) is 1.65. The summed E-state index contributed by atoms with van der Waals surface area (Å²) in [7, 11) is -1.06. The standard InChI is InChI=1S/C31H37Cl2N3O6S/c1-21(2)18-34-31(38)27(16-22-9-7-6-8-10-22)35(19-23-11-13-25(32)26(33)15-23)30(37)20-36(43(5,39)40)24-12-14-28(41-3)29(17-24)42-4/h6-15,17,21,27H,16,18-20H2,1-5H3,(H,34,38)/t27-/m1/s1. The Bertz CT molecular complexity index is 1520. The molecule has 43 heavy (non-hydrogen) atoms. The van der Waals surface area contributed by atoms with Gasteiger partial charge in [0.15, 0.2) is 11.5 Å².